The van der Waals surface area contributed by atoms with Crippen molar-refractivity contribution in [2.75, 3.05) is 0 Å². The number of rotatable bonds is 0. The molecule has 0 radical (unpaired) electrons. The lowest BCUT2D eigenvalue weighted by molar-refractivity contribution is 1.09. The number of aromatic nitrogens is 3. The zero-order valence-corrected chi connectivity index (χ0v) is 12.1. The molecule has 2 aromatic rings. The van der Waals surface area contributed by atoms with Crippen molar-refractivity contribution >= 4 is 21.8 Å². The number of thiazole rings is 1. The van der Waals surface area contributed by atoms with Gasteiger partial charge in [-0.1, -0.05) is 39.0 Å². The molecule has 4 heteroatoms. The lowest BCUT2D eigenvalue weighted by atomic mass is 10.3. The van der Waals surface area contributed by atoms with Gasteiger partial charge in [0.2, 0.25) is 0 Å². The lowest BCUT2D eigenvalue weighted by Crippen LogP contribution is -1.90. The average molecular weight is 239 g/mol. The van der Waals surface area contributed by atoms with Gasteiger partial charge in [-0.15, -0.1) is 0 Å². The standard InChI is InChI=1S/C8H9N3S.2C2H6/c1-4-5(2)10-8-7(9-4)11-6(3)12-8;2*1-2/h1-3H3;2*1-2H3. The normalized spacial score (nSPS) is 8.94. The Labute approximate surface area is 102 Å². The maximum absolute atomic E-state index is 4.39. The van der Waals surface area contributed by atoms with Gasteiger partial charge in [-0.25, -0.2) is 15.0 Å². The quantitative estimate of drug-likeness (QED) is 0.695. The molecule has 0 spiro atoms. The van der Waals surface area contributed by atoms with Crippen molar-refractivity contribution in [3.63, 3.8) is 0 Å². The Hall–Kier alpha value is -1.03. The fourth-order valence-corrected chi connectivity index (χ4v) is 1.80. The third-order valence-electron chi connectivity index (χ3n) is 1.77. The van der Waals surface area contributed by atoms with E-state index in [2.05, 4.69) is 15.0 Å². The molecule has 0 saturated heterocycles. The van der Waals surface area contributed by atoms with Gasteiger partial charge in [0.1, 0.15) is 0 Å². The van der Waals surface area contributed by atoms with Crippen molar-refractivity contribution in [1.29, 1.82) is 0 Å². The number of nitrogens with zero attached hydrogens (tertiary/aromatic N) is 3. The Morgan fingerprint density at radius 3 is 1.81 bits per heavy atom. The van der Waals surface area contributed by atoms with E-state index in [1.54, 1.807) is 11.3 Å². The van der Waals surface area contributed by atoms with E-state index in [9.17, 15) is 0 Å². The van der Waals surface area contributed by atoms with Gasteiger partial charge in [0.15, 0.2) is 10.5 Å². The second-order valence-corrected chi connectivity index (χ2v) is 3.94. The third kappa shape index (κ3) is 3.52. The summed E-state index contributed by atoms with van der Waals surface area (Å²) in [7, 11) is 0. The summed E-state index contributed by atoms with van der Waals surface area (Å²) in [4.78, 5) is 13.9. The highest BCUT2D eigenvalue weighted by atomic mass is 32.1. The van der Waals surface area contributed by atoms with Crippen molar-refractivity contribution in [1.82, 2.24) is 15.0 Å². The number of hydrogen-bond donors (Lipinski definition) is 0. The van der Waals surface area contributed by atoms with E-state index in [1.807, 2.05) is 48.5 Å². The summed E-state index contributed by atoms with van der Waals surface area (Å²) in [5.41, 5.74) is 2.74. The maximum Gasteiger partial charge on any atom is 0.190 e. The van der Waals surface area contributed by atoms with Gasteiger partial charge in [-0.05, 0) is 20.8 Å². The van der Waals surface area contributed by atoms with Crippen molar-refractivity contribution in [2.24, 2.45) is 0 Å². The molecule has 0 aliphatic rings. The molecule has 2 aromatic heterocycles. The van der Waals surface area contributed by atoms with Crippen LogP contribution in [-0.4, -0.2) is 15.0 Å². The Kier molecular flexibility index (Phi) is 6.81. The number of hydrogen-bond acceptors (Lipinski definition) is 4. The molecule has 0 aliphatic heterocycles. The van der Waals surface area contributed by atoms with Crippen molar-refractivity contribution in [2.45, 2.75) is 48.5 Å². The molecular weight excluding hydrogens is 218 g/mol. The first kappa shape index (κ1) is 15.0. The summed E-state index contributed by atoms with van der Waals surface area (Å²) < 4.78 is 0. The molecule has 0 aromatic carbocycles. The highest BCUT2D eigenvalue weighted by Crippen LogP contribution is 2.18. The molecule has 0 amide bonds. The van der Waals surface area contributed by atoms with Crippen LogP contribution < -0.4 is 0 Å². The molecule has 2 rings (SSSR count). The van der Waals surface area contributed by atoms with Crippen molar-refractivity contribution < 1.29 is 0 Å². The predicted octanol–water partition coefficient (Wildman–Crippen LogP) is 4.06. The summed E-state index contributed by atoms with van der Waals surface area (Å²) in [6.45, 7) is 13.9. The lowest BCUT2D eigenvalue weighted by Gasteiger charge is -1.94. The minimum absolute atomic E-state index is 0.778. The van der Waals surface area contributed by atoms with Gasteiger partial charge in [0.25, 0.3) is 0 Å². The van der Waals surface area contributed by atoms with Crippen LogP contribution in [0.4, 0.5) is 0 Å². The molecule has 0 fully saturated rings. The summed E-state index contributed by atoms with van der Waals surface area (Å²) in [6, 6.07) is 0. The van der Waals surface area contributed by atoms with Gasteiger partial charge >= 0.3 is 0 Å². The van der Waals surface area contributed by atoms with Crippen LogP contribution in [0.15, 0.2) is 0 Å². The van der Waals surface area contributed by atoms with Gasteiger partial charge in [0, 0.05) is 0 Å². The van der Waals surface area contributed by atoms with Crippen LogP contribution in [-0.2, 0) is 0 Å². The topological polar surface area (TPSA) is 38.7 Å². The second kappa shape index (κ2) is 7.28. The molecule has 2 heterocycles. The molecule has 0 saturated carbocycles. The van der Waals surface area contributed by atoms with Crippen molar-refractivity contribution in [3.8, 4) is 0 Å². The molecule has 0 unspecified atom stereocenters. The molecule has 0 aliphatic carbocycles. The third-order valence-corrected chi connectivity index (χ3v) is 2.62. The minimum Gasteiger partial charge on any atom is -0.237 e. The molecule has 0 atom stereocenters. The molecular formula is C12H21N3S. The van der Waals surface area contributed by atoms with Crippen LogP contribution in [0.3, 0.4) is 0 Å². The van der Waals surface area contributed by atoms with Crippen LogP contribution in [0.2, 0.25) is 0 Å². The summed E-state index contributed by atoms with van der Waals surface area (Å²) >= 11 is 1.59. The molecule has 0 bridgehead atoms. The molecule has 16 heavy (non-hydrogen) atoms. The first-order chi connectivity index (χ1) is 7.66. The fraction of sp³-hybridized carbons (Fsp3) is 0.583. The van der Waals surface area contributed by atoms with Crippen LogP contribution in [0.25, 0.3) is 10.5 Å². The summed E-state index contributed by atoms with van der Waals surface area (Å²) in [5.74, 6) is 0. The Morgan fingerprint density at radius 1 is 0.750 bits per heavy atom. The van der Waals surface area contributed by atoms with Gasteiger partial charge < -0.3 is 0 Å². The van der Waals surface area contributed by atoms with E-state index in [1.165, 1.54) is 0 Å². The van der Waals surface area contributed by atoms with E-state index in [4.69, 9.17) is 0 Å². The Balaban J connectivity index is 0.000000509. The zero-order valence-electron chi connectivity index (χ0n) is 11.2. The monoisotopic (exact) mass is 239 g/mol. The Bertz CT molecular complexity index is 396. The van der Waals surface area contributed by atoms with Gasteiger partial charge in [-0.3, -0.25) is 0 Å². The van der Waals surface area contributed by atoms with Crippen molar-refractivity contribution in [3.05, 3.63) is 16.4 Å². The van der Waals surface area contributed by atoms with Crippen LogP contribution >= 0.6 is 11.3 Å². The van der Waals surface area contributed by atoms with E-state index >= 15 is 0 Å². The zero-order chi connectivity index (χ0) is 12.7. The second-order valence-electron chi connectivity index (χ2n) is 2.76. The first-order valence-electron chi connectivity index (χ1n) is 5.75. The first-order valence-corrected chi connectivity index (χ1v) is 6.57. The van der Waals surface area contributed by atoms with Gasteiger partial charge in [-0.2, -0.15) is 0 Å². The highest BCUT2D eigenvalue weighted by molar-refractivity contribution is 7.18. The highest BCUT2D eigenvalue weighted by Gasteiger charge is 2.04. The molecule has 0 N–H and O–H groups in total. The molecule has 3 nitrogen and oxygen atoms in total. The maximum atomic E-state index is 4.39. The predicted molar refractivity (Wildman–Crippen MR) is 72.1 cm³/mol. The Morgan fingerprint density at radius 2 is 1.25 bits per heavy atom. The fourth-order valence-electron chi connectivity index (χ4n) is 1.02. The average Bonchev–Trinajstić information content (AvgIpc) is 2.64. The van der Waals surface area contributed by atoms with Crippen LogP contribution in [0.5, 0.6) is 0 Å². The van der Waals surface area contributed by atoms with E-state index < -0.39 is 0 Å². The number of fused-ring (bicyclic) bond motifs is 1. The van der Waals surface area contributed by atoms with E-state index in [0.717, 1.165) is 26.9 Å². The summed E-state index contributed by atoms with van der Waals surface area (Å²) in [5, 5.41) is 1.02. The smallest absolute Gasteiger partial charge is 0.190 e. The molecule has 90 valence electrons. The van der Waals surface area contributed by atoms with Crippen LogP contribution in [0, 0.1) is 20.8 Å². The minimum atomic E-state index is 0.778. The largest absolute Gasteiger partial charge is 0.237 e. The SMILES string of the molecule is CC.CC.Cc1nc2nc(C)c(C)nc2s1. The summed E-state index contributed by atoms with van der Waals surface area (Å²) in [6.07, 6.45) is 0. The van der Waals surface area contributed by atoms with Gasteiger partial charge in [0.05, 0.1) is 16.4 Å². The van der Waals surface area contributed by atoms with E-state index in [0.29, 0.717) is 0 Å². The number of aryl methyl sites for hydroxylation is 3. The van der Waals surface area contributed by atoms with E-state index in [-0.39, 0.29) is 0 Å². The van der Waals surface area contributed by atoms with Crippen LogP contribution in [0.1, 0.15) is 44.1 Å².